The summed E-state index contributed by atoms with van der Waals surface area (Å²) >= 11 is 0. The van der Waals surface area contributed by atoms with Gasteiger partial charge in [-0.15, -0.1) is 0 Å². The molecule has 0 saturated heterocycles. The van der Waals surface area contributed by atoms with E-state index in [1.165, 1.54) is 39.1 Å². The first-order valence-corrected chi connectivity index (χ1v) is 6.85. The molecule has 0 radical (unpaired) electrons. The zero-order chi connectivity index (χ0) is 14.0. The Balaban J connectivity index is 2.16. The van der Waals surface area contributed by atoms with Crippen molar-refractivity contribution in [3.63, 3.8) is 0 Å². The second kappa shape index (κ2) is 5.48. The number of anilines is 1. The first-order valence-electron chi connectivity index (χ1n) is 6.85. The molecule has 0 atom stereocenters. The largest absolute Gasteiger partial charge is 0.381 e. The second-order valence-electron chi connectivity index (χ2n) is 5.53. The molecule has 0 unspecified atom stereocenters. The number of benzene rings is 2. The average Bonchev–Trinajstić information content (AvgIpc) is 2.32. The molecule has 1 nitrogen and oxygen atoms in total. The molecule has 0 fully saturated rings. The summed E-state index contributed by atoms with van der Waals surface area (Å²) in [6.45, 7) is 11.7. The van der Waals surface area contributed by atoms with E-state index in [1.807, 2.05) is 0 Å². The molecule has 0 bridgehead atoms. The Morgan fingerprint density at radius 3 is 1.95 bits per heavy atom. The van der Waals surface area contributed by atoms with Gasteiger partial charge >= 0.3 is 0 Å². The van der Waals surface area contributed by atoms with Gasteiger partial charge in [0.1, 0.15) is 0 Å². The summed E-state index contributed by atoms with van der Waals surface area (Å²) in [5, 5.41) is 3.53. The molecule has 0 spiro atoms. The van der Waals surface area contributed by atoms with Crippen LogP contribution in [-0.2, 0) is 6.54 Å². The minimum Gasteiger partial charge on any atom is -0.381 e. The standard InChI is InChI=1S/C18H23N/c1-12-8-15(4)18(16(5)9-12)11-19-17-7-6-13(2)14(3)10-17/h6-10,19H,11H2,1-5H3. The smallest absolute Gasteiger partial charge is 0.0406 e. The van der Waals surface area contributed by atoms with Crippen LogP contribution in [0.5, 0.6) is 0 Å². The quantitative estimate of drug-likeness (QED) is 0.825. The zero-order valence-electron chi connectivity index (χ0n) is 12.6. The Labute approximate surface area is 116 Å². The molecule has 0 heterocycles. The molecule has 0 saturated carbocycles. The molecule has 0 aliphatic rings. The van der Waals surface area contributed by atoms with Crippen LogP contribution in [0.4, 0.5) is 5.69 Å². The predicted molar refractivity (Wildman–Crippen MR) is 83.9 cm³/mol. The van der Waals surface area contributed by atoms with E-state index in [9.17, 15) is 0 Å². The van der Waals surface area contributed by atoms with Crippen LogP contribution in [0.25, 0.3) is 0 Å². The fourth-order valence-corrected chi connectivity index (χ4v) is 2.53. The van der Waals surface area contributed by atoms with Gasteiger partial charge in [-0.25, -0.2) is 0 Å². The van der Waals surface area contributed by atoms with Gasteiger partial charge in [0.2, 0.25) is 0 Å². The van der Waals surface area contributed by atoms with Crippen LogP contribution >= 0.6 is 0 Å². The van der Waals surface area contributed by atoms with Crippen molar-refractivity contribution in [2.24, 2.45) is 0 Å². The highest BCUT2D eigenvalue weighted by Gasteiger charge is 2.04. The first kappa shape index (κ1) is 13.7. The van der Waals surface area contributed by atoms with Crippen LogP contribution in [0.3, 0.4) is 0 Å². The van der Waals surface area contributed by atoms with Crippen molar-refractivity contribution >= 4 is 5.69 Å². The molecule has 0 aliphatic carbocycles. The van der Waals surface area contributed by atoms with E-state index >= 15 is 0 Å². The topological polar surface area (TPSA) is 12.0 Å². The molecule has 2 rings (SSSR count). The van der Waals surface area contributed by atoms with Crippen molar-refractivity contribution < 1.29 is 0 Å². The lowest BCUT2D eigenvalue weighted by Gasteiger charge is -2.14. The highest BCUT2D eigenvalue weighted by Crippen LogP contribution is 2.19. The van der Waals surface area contributed by atoms with Gasteiger partial charge in [0.25, 0.3) is 0 Å². The van der Waals surface area contributed by atoms with Crippen LogP contribution in [0.15, 0.2) is 30.3 Å². The van der Waals surface area contributed by atoms with Gasteiger partial charge in [0.15, 0.2) is 0 Å². The summed E-state index contributed by atoms with van der Waals surface area (Å²) in [5.74, 6) is 0. The van der Waals surface area contributed by atoms with Gasteiger partial charge in [-0.3, -0.25) is 0 Å². The maximum absolute atomic E-state index is 3.53. The summed E-state index contributed by atoms with van der Waals surface area (Å²) in [5.41, 5.74) is 9.36. The van der Waals surface area contributed by atoms with Gasteiger partial charge < -0.3 is 5.32 Å². The molecule has 19 heavy (non-hydrogen) atoms. The number of aryl methyl sites for hydroxylation is 5. The normalized spacial score (nSPS) is 10.6. The lowest BCUT2D eigenvalue weighted by atomic mass is 9.99. The van der Waals surface area contributed by atoms with Crippen LogP contribution in [0.2, 0.25) is 0 Å². The van der Waals surface area contributed by atoms with Crippen molar-refractivity contribution in [2.45, 2.75) is 41.2 Å². The van der Waals surface area contributed by atoms with E-state index in [0.29, 0.717) is 0 Å². The van der Waals surface area contributed by atoms with Gasteiger partial charge in [-0.2, -0.15) is 0 Å². The Hall–Kier alpha value is -1.76. The second-order valence-corrected chi connectivity index (χ2v) is 5.53. The minimum atomic E-state index is 0.889. The number of hydrogen-bond donors (Lipinski definition) is 1. The van der Waals surface area contributed by atoms with E-state index in [2.05, 4.69) is 70.3 Å². The zero-order valence-corrected chi connectivity index (χ0v) is 12.6. The van der Waals surface area contributed by atoms with Gasteiger partial charge in [0, 0.05) is 12.2 Å². The van der Waals surface area contributed by atoms with E-state index < -0.39 is 0 Å². The van der Waals surface area contributed by atoms with Crippen molar-refractivity contribution in [3.8, 4) is 0 Å². The number of rotatable bonds is 3. The molecule has 1 heteroatoms. The molecule has 0 aliphatic heterocycles. The maximum atomic E-state index is 3.53. The molecule has 2 aromatic carbocycles. The number of hydrogen-bond acceptors (Lipinski definition) is 1. The van der Waals surface area contributed by atoms with Gasteiger partial charge in [-0.1, -0.05) is 23.8 Å². The Morgan fingerprint density at radius 2 is 1.37 bits per heavy atom. The summed E-state index contributed by atoms with van der Waals surface area (Å²) < 4.78 is 0. The molecule has 2 aromatic rings. The lowest BCUT2D eigenvalue weighted by Crippen LogP contribution is -2.04. The van der Waals surface area contributed by atoms with Crippen LogP contribution in [-0.4, -0.2) is 0 Å². The highest BCUT2D eigenvalue weighted by molar-refractivity contribution is 5.49. The van der Waals surface area contributed by atoms with Crippen molar-refractivity contribution in [1.82, 2.24) is 0 Å². The van der Waals surface area contributed by atoms with E-state index in [-0.39, 0.29) is 0 Å². The summed E-state index contributed by atoms with van der Waals surface area (Å²) in [6.07, 6.45) is 0. The molecule has 0 aromatic heterocycles. The van der Waals surface area contributed by atoms with Crippen LogP contribution in [0, 0.1) is 34.6 Å². The molecule has 100 valence electrons. The fourth-order valence-electron chi connectivity index (χ4n) is 2.53. The Kier molecular flexibility index (Phi) is 3.94. The first-order chi connectivity index (χ1) is 8.97. The monoisotopic (exact) mass is 253 g/mol. The highest BCUT2D eigenvalue weighted by atomic mass is 14.9. The average molecular weight is 253 g/mol. The Bertz CT molecular complexity index is 574. The summed E-state index contributed by atoms with van der Waals surface area (Å²) in [7, 11) is 0. The van der Waals surface area contributed by atoms with Gasteiger partial charge in [0.05, 0.1) is 0 Å². The number of nitrogens with one attached hydrogen (secondary N) is 1. The van der Waals surface area contributed by atoms with Crippen molar-refractivity contribution in [3.05, 3.63) is 63.7 Å². The van der Waals surface area contributed by atoms with E-state index in [1.54, 1.807) is 0 Å². The molecular formula is C18H23N. The predicted octanol–water partition coefficient (Wildman–Crippen LogP) is 4.84. The van der Waals surface area contributed by atoms with Crippen molar-refractivity contribution in [2.75, 3.05) is 5.32 Å². The Morgan fingerprint density at radius 1 is 0.737 bits per heavy atom. The fraction of sp³-hybridized carbons (Fsp3) is 0.333. The lowest BCUT2D eigenvalue weighted by molar-refractivity contribution is 1.08. The molecular weight excluding hydrogens is 230 g/mol. The SMILES string of the molecule is Cc1cc(C)c(CNc2ccc(C)c(C)c2)c(C)c1. The minimum absolute atomic E-state index is 0.889. The summed E-state index contributed by atoms with van der Waals surface area (Å²) in [4.78, 5) is 0. The third kappa shape index (κ3) is 3.17. The molecule has 1 N–H and O–H groups in total. The van der Waals surface area contributed by atoms with E-state index in [4.69, 9.17) is 0 Å². The van der Waals surface area contributed by atoms with Crippen molar-refractivity contribution in [1.29, 1.82) is 0 Å². The van der Waals surface area contributed by atoms with E-state index in [0.717, 1.165) is 6.54 Å². The summed E-state index contributed by atoms with van der Waals surface area (Å²) in [6, 6.07) is 11.1. The third-order valence-corrected chi connectivity index (χ3v) is 3.82. The third-order valence-electron chi connectivity index (χ3n) is 3.82. The van der Waals surface area contributed by atoms with Crippen LogP contribution < -0.4 is 5.32 Å². The van der Waals surface area contributed by atoms with Gasteiger partial charge in [-0.05, 0) is 74.6 Å². The maximum Gasteiger partial charge on any atom is 0.0406 e. The van der Waals surface area contributed by atoms with Crippen LogP contribution in [0.1, 0.15) is 33.4 Å². The molecule has 0 amide bonds.